The summed E-state index contributed by atoms with van der Waals surface area (Å²) in [7, 11) is 0. The molecular formula is C16H20N4OS2. The summed E-state index contributed by atoms with van der Waals surface area (Å²) in [6.45, 7) is 3.32. The van der Waals surface area contributed by atoms with Crippen LogP contribution in [0.4, 0.5) is 4.79 Å². The number of carbonyl (C=O) groups is 1. The fourth-order valence-corrected chi connectivity index (χ4v) is 4.51. The molecule has 1 fully saturated rings. The van der Waals surface area contributed by atoms with Crippen LogP contribution >= 0.6 is 23.1 Å². The zero-order valence-electron chi connectivity index (χ0n) is 13.0. The van der Waals surface area contributed by atoms with E-state index in [1.165, 1.54) is 23.5 Å². The lowest BCUT2D eigenvalue weighted by molar-refractivity contribution is 0.239. The minimum atomic E-state index is -0.143. The van der Waals surface area contributed by atoms with Crippen LogP contribution in [0.5, 0.6) is 0 Å². The molecule has 0 aliphatic carbocycles. The standard InChI is InChI=1S/C16H20N4OS2/c1-16(8-5-9-22-16)11-18-15(21)17-10-13-19-20-14(23-13)12-6-3-2-4-7-12/h2-4,6-7H,5,8-11H2,1H3,(H2,17,18,21)/t16-/m0/s1. The first-order chi connectivity index (χ1) is 11.1. The molecule has 0 radical (unpaired) electrons. The number of nitrogens with one attached hydrogen (secondary N) is 2. The molecule has 122 valence electrons. The van der Waals surface area contributed by atoms with Crippen molar-refractivity contribution in [3.05, 3.63) is 35.3 Å². The lowest BCUT2D eigenvalue weighted by Crippen LogP contribution is -2.42. The van der Waals surface area contributed by atoms with E-state index in [0.717, 1.165) is 22.0 Å². The van der Waals surface area contributed by atoms with Gasteiger partial charge in [0.2, 0.25) is 0 Å². The van der Waals surface area contributed by atoms with Crippen molar-refractivity contribution in [2.24, 2.45) is 0 Å². The second-order valence-corrected chi connectivity index (χ2v) is 8.55. The zero-order valence-corrected chi connectivity index (χ0v) is 14.7. The third kappa shape index (κ3) is 4.45. The van der Waals surface area contributed by atoms with E-state index in [1.807, 2.05) is 42.1 Å². The average Bonchev–Trinajstić information content (AvgIpc) is 3.22. The Morgan fingerprint density at radius 2 is 2.09 bits per heavy atom. The van der Waals surface area contributed by atoms with E-state index in [1.54, 1.807) is 0 Å². The van der Waals surface area contributed by atoms with Crippen molar-refractivity contribution in [1.82, 2.24) is 20.8 Å². The molecule has 0 unspecified atom stereocenters. The molecule has 1 atom stereocenters. The SMILES string of the molecule is C[C@@]1(CNC(=O)NCc2nnc(-c3ccccc3)s2)CCCS1. The molecule has 2 aromatic rings. The van der Waals surface area contributed by atoms with Crippen LogP contribution in [0.3, 0.4) is 0 Å². The molecule has 1 aromatic carbocycles. The summed E-state index contributed by atoms with van der Waals surface area (Å²) in [5.74, 6) is 1.19. The van der Waals surface area contributed by atoms with Crippen LogP contribution in [-0.4, -0.2) is 33.3 Å². The van der Waals surface area contributed by atoms with Crippen molar-refractivity contribution in [3.8, 4) is 10.6 Å². The van der Waals surface area contributed by atoms with Crippen molar-refractivity contribution in [1.29, 1.82) is 0 Å². The maximum Gasteiger partial charge on any atom is 0.315 e. The molecule has 3 rings (SSSR count). The van der Waals surface area contributed by atoms with Crippen LogP contribution in [0.2, 0.25) is 0 Å². The maximum absolute atomic E-state index is 11.9. The normalized spacial score (nSPS) is 20.4. The smallest absolute Gasteiger partial charge is 0.315 e. The van der Waals surface area contributed by atoms with Crippen LogP contribution in [0.15, 0.2) is 30.3 Å². The van der Waals surface area contributed by atoms with E-state index in [-0.39, 0.29) is 10.8 Å². The molecule has 1 aliphatic heterocycles. The number of nitrogens with zero attached hydrogens (tertiary/aromatic N) is 2. The lowest BCUT2D eigenvalue weighted by Gasteiger charge is -2.22. The molecule has 5 nitrogen and oxygen atoms in total. The summed E-state index contributed by atoms with van der Waals surface area (Å²) >= 11 is 3.44. The molecule has 23 heavy (non-hydrogen) atoms. The maximum atomic E-state index is 11.9. The highest BCUT2D eigenvalue weighted by molar-refractivity contribution is 8.00. The third-order valence-corrected chi connectivity index (χ3v) is 6.32. The molecular weight excluding hydrogens is 328 g/mol. The Labute approximate surface area is 144 Å². The Balaban J connectivity index is 1.47. The predicted octanol–water partition coefficient (Wildman–Crippen LogP) is 3.29. The number of hydrogen-bond acceptors (Lipinski definition) is 5. The molecule has 1 saturated heterocycles. The van der Waals surface area contributed by atoms with Gasteiger partial charge in [-0.25, -0.2) is 4.79 Å². The second kappa shape index (κ2) is 7.31. The zero-order chi connectivity index (χ0) is 16.1. The number of amides is 2. The van der Waals surface area contributed by atoms with Gasteiger partial charge in [0.05, 0.1) is 6.54 Å². The van der Waals surface area contributed by atoms with Gasteiger partial charge in [0, 0.05) is 16.9 Å². The van der Waals surface area contributed by atoms with Gasteiger partial charge in [-0.2, -0.15) is 11.8 Å². The lowest BCUT2D eigenvalue weighted by atomic mass is 10.1. The predicted molar refractivity (Wildman–Crippen MR) is 95.7 cm³/mol. The highest BCUT2D eigenvalue weighted by Gasteiger charge is 2.29. The Morgan fingerprint density at radius 1 is 1.26 bits per heavy atom. The molecule has 2 amide bonds. The first kappa shape index (κ1) is 16.3. The highest BCUT2D eigenvalue weighted by atomic mass is 32.2. The van der Waals surface area contributed by atoms with Crippen LogP contribution in [-0.2, 0) is 6.54 Å². The van der Waals surface area contributed by atoms with E-state index in [4.69, 9.17) is 0 Å². The first-order valence-corrected chi connectivity index (χ1v) is 9.48. The van der Waals surface area contributed by atoms with Gasteiger partial charge in [0.25, 0.3) is 0 Å². The van der Waals surface area contributed by atoms with Crippen molar-refractivity contribution in [3.63, 3.8) is 0 Å². The topological polar surface area (TPSA) is 66.9 Å². The number of urea groups is 1. The minimum Gasteiger partial charge on any atom is -0.337 e. The first-order valence-electron chi connectivity index (χ1n) is 7.68. The van der Waals surface area contributed by atoms with Gasteiger partial charge in [-0.1, -0.05) is 41.7 Å². The van der Waals surface area contributed by atoms with Gasteiger partial charge in [-0.3, -0.25) is 0 Å². The van der Waals surface area contributed by atoms with Gasteiger partial charge in [-0.05, 0) is 25.5 Å². The molecule has 2 heterocycles. The van der Waals surface area contributed by atoms with Gasteiger partial charge in [-0.15, -0.1) is 10.2 Å². The summed E-state index contributed by atoms with van der Waals surface area (Å²) in [5, 5.41) is 15.8. The molecule has 2 N–H and O–H groups in total. The van der Waals surface area contributed by atoms with Crippen LogP contribution < -0.4 is 10.6 Å². The fraction of sp³-hybridized carbons (Fsp3) is 0.438. The molecule has 0 spiro atoms. The van der Waals surface area contributed by atoms with E-state index in [9.17, 15) is 4.79 Å². The van der Waals surface area contributed by atoms with Crippen molar-refractivity contribution < 1.29 is 4.79 Å². The van der Waals surface area contributed by atoms with E-state index in [0.29, 0.717) is 13.1 Å². The second-order valence-electron chi connectivity index (χ2n) is 5.81. The monoisotopic (exact) mass is 348 g/mol. The Bertz CT molecular complexity index is 653. The van der Waals surface area contributed by atoms with Crippen LogP contribution in [0, 0.1) is 0 Å². The molecule has 0 bridgehead atoms. The number of rotatable bonds is 5. The van der Waals surface area contributed by atoms with E-state index in [2.05, 4.69) is 27.8 Å². The number of benzene rings is 1. The Hall–Kier alpha value is -1.60. The molecule has 1 aromatic heterocycles. The molecule has 7 heteroatoms. The minimum absolute atomic E-state index is 0.143. The Kier molecular flexibility index (Phi) is 5.17. The summed E-state index contributed by atoms with van der Waals surface area (Å²) in [4.78, 5) is 11.9. The fourth-order valence-electron chi connectivity index (χ4n) is 2.48. The van der Waals surface area contributed by atoms with Gasteiger partial charge < -0.3 is 10.6 Å². The largest absolute Gasteiger partial charge is 0.337 e. The summed E-state index contributed by atoms with van der Waals surface area (Å²) in [6, 6.07) is 9.79. The van der Waals surface area contributed by atoms with Crippen molar-refractivity contribution in [2.75, 3.05) is 12.3 Å². The van der Waals surface area contributed by atoms with E-state index < -0.39 is 0 Å². The third-order valence-electron chi connectivity index (χ3n) is 3.81. The van der Waals surface area contributed by atoms with Gasteiger partial charge >= 0.3 is 6.03 Å². The number of aromatic nitrogens is 2. The van der Waals surface area contributed by atoms with Gasteiger partial charge in [0.15, 0.2) is 0 Å². The highest BCUT2D eigenvalue weighted by Crippen LogP contribution is 2.36. The Morgan fingerprint density at radius 3 is 2.83 bits per heavy atom. The summed E-state index contributed by atoms with van der Waals surface area (Å²) in [6.07, 6.45) is 2.40. The van der Waals surface area contributed by atoms with Crippen LogP contribution in [0.1, 0.15) is 24.8 Å². The van der Waals surface area contributed by atoms with Crippen molar-refractivity contribution >= 4 is 29.1 Å². The quantitative estimate of drug-likeness (QED) is 0.870. The number of thioether (sulfide) groups is 1. The number of hydrogen-bond donors (Lipinski definition) is 2. The number of carbonyl (C=O) groups excluding carboxylic acids is 1. The average molecular weight is 348 g/mol. The van der Waals surface area contributed by atoms with Crippen LogP contribution in [0.25, 0.3) is 10.6 Å². The van der Waals surface area contributed by atoms with Gasteiger partial charge in [0.1, 0.15) is 10.0 Å². The van der Waals surface area contributed by atoms with E-state index >= 15 is 0 Å². The summed E-state index contributed by atoms with van der Waals surface area (Å²) in [5.41, 5.74) is 1.05. The summed E-state index contributed by atoms with van der Waals surface area (Å²) < 4.78 is 0.181. The van der Waals surface area contributed by atoms with Crippen molar-refractivity contribution in [2.45, 2.75) is 31.1 Å². The molecule has 1 aliphatic rings. The molecule has 0 saturated carbocycles.